The summed E-state index contributed by atoms with van der Waals surface area (Å²) in [6, 6.07) is -0.646. The van der Waals surface area contributed by atoms with Crippen LogP contribution in [0.15, 0.2) is 60.8 Å². The average Bonchev–Trinajstić information content (AvgIpc) is 3.22. The van der Waals surface area contributed by atoms with Gasteiger partial charge in [0.25, 0.3) is 0 Å². The molecule has 0 fully saturated rings. The lowest BCUT2D eigenvalue weighted by atomic mass is 10.0. The van der Waals surface area contributed by atoms with Gasteiger partial charge < -0.3 is 15.5 Å². The summed E-state index contributed by atoms with van der Waals surface area (Å²) in [5.41, 5.74) is 0. The molecule has 0 spiro atoms. The van der Waals surface area contributed by atoms with Crippen molar-refractivity contribution in [2.45, 2.75) is 264 Å². The maximum atomic E-state index is 12.4. The smallest absolute Gasteiger partial charge is 0.220 e. The number of allylic oxidation sites excluding steroid dienone is 9. The highest BCUT2D eigenvalue weighted by molar-refractivity contribution is 5.76. The van der Waals surface area contributed by atoms with Crippen LogP contribution in [0.1, 0.15) is 251 Å². The Morgan fingerprint density at radius 3 is 1.14 bits per heavy atom. The van der Waals surface area contributed by atoms with Gasteiger partial charge in [-0.05, 0) is 70.6 Å². The fourth-order valence-electron chi connectivity index (χ4n) is 7.38. The number of rotatable bonds is 45. The highest BCUT2D eigenvalue weighted by Gasteiger charge is 2.17. The Kier molecular flexibility index (Phi) is 46.8. The fourth-order valence-corrected chi connectivity index (χ4v) is 7.38. The molecular formula is C53H97NO3. The largest absolute Gasteiger partial charge is 0.394 e. The topological polar surface area (TPSA) is 69.6 Å². The molecule has 332 valence electrons. The molecule has 0 rings (SSSR count). The van der Waals surface area contributed by atoms with Crippen molar-refractivity contribution in [1.82, 2.24) is 5.32 Å². The van der Waals surface area contributed by atoms with Crippen molar-refractivity contribution in [3.63, 3.8) is 0 Å². The zero-order valence-electron chi connectivity index (χ0n) is 38.1. The predicted molar refractivity (Wildman–Crippen MR) is 253 cm³/mol. The van der Waals surface area contributed by atoms with Gasteiger partial charge in [0.2, 0.25) is 5.91 Å². The first-order chi connectivity index (χ1) is 28.2. The first kappa shape index (κ1) is 55.1. The maximum Gasteiger partial charge on any atom is 0.220 e. The molecule has 1 amide bonds. The van der Waals surface area contributed by atoms with Crippen LogP contribution in [-0.4, -0.2) is 34.9 Å². The molecule has 0 aromatic rings. The summed E-state index contributed by atoms with van der Waals surface area (Å²) in [4.78, 5) is 12.4. The lowest BCUT2D eigenvalue weighted by Gasteiger charge is -2.19. The van der Waals surface area contributed by atoms with Gasteiger partial charge in [0.15, 0.2) is 0 Å². The van der Waals surface area contributed by atoms with E-state index in [2.05, 4.69) is 67.8 Å². The van der Waals surface area contributed by atoms with Crippen LogP contribution in [-0.2, 0) is 4.79 Å². The molecule has 0 aliphatic heterocycles. The molecule has 2 unspecified atom stereocenters. The molecule has 57 heavy (non-hydrogen) atoms. The minimum atomic E-state index is -0.868. The molecule has 0 saturated heterocycles. The summed E-state index contributed by atoms with van der Waals surface area (Å²) in [5, 5.41) is 23.1. The van der Waals surface area contributed by atoms with E-state index in [9.17, 15) is 15.0 Å². The number of aliphatic hydroxyl groups is 2. The summed E-state index contributed by atoms with van der Waals surface area (Å²) in [6.07, 6.45) is 67.8. The van der Waals surface area contributed by atoms with E-state index in [0.717, 1.165) is 51.4 Å². The van der Waals surface area contributed by atoms with Crippen LogP contribution in [0, 0.1) is 0 Å². The molecule has 0 aliphatic rings. The molecule has 4 nitrogen and oxygen atoms in total. The Bertz CT molecular complexity index is 950. The summed E-state index contributed by atoms with van der Waals surface area (Å²) < 4.78 is 0. The molecule has 3 N–H and O–H groups in total. The third kappa shape index (κ3) is 45.0. The normalized spacial score (nSPS) is 13.4. The average molecular weight is 796 g/mol. The van der Waals surface area contributed by atoms with Crippen LogP contribution in [0.3, 0.4) is 0 Å². The lowest BCUT2D eigenvalue weighted by molar-refractivity contribution is -0.123. The van der Waals surface area contributed by atoms with E-state index in [1.165, 1.54) is 180 Å². The SMILES string of the molecule is CCCCCCC/C=C\C/C=C\C/C=C\CCCCCCCCCCC(=O)NC(CO)C(O)/C=C/CC/C=C/CCCCCCCCCCCCCCCCCC. The first-order valence-corrected chi connectivity index (χ1v) is 25.0. The molecule has 2 atom stereocenters. The highest BCUT2D eigenvalue weighted by atomic mass is 16.3. The van der Waals surface area contributed by atoms with Gasteiger partial charge >= 0.3 is 0 Å². The summed E-state index contributed by atoms with van der Waals surface area (Å²) >= 11 is 0. The molecule has 0 saturated carbocycles. The summed E-state index contributed by atoms with van der Waals surface area (Å²) in [5.74, 6) is -0.0811. The molecule has 0 bridgehead atoms. The summed E-state index contributed by atoms with van der Waals surface area (Å²) in [7, 11) is 0. The van der Waals surface area contributed by atoms with E-state index in [1.807, 2.05) is 6.08 Å². The number of hydrogen-bond acceptors (Lipinski definition) is 3. The van der Waals surface area contributed by atoms with Crippen molar-refractivity contribution >= 4 is 5.91 Å². The van der Waals surface area contributed by atoms with Crippen molar-refractivity contribution in [2.75, 3.05) is 6.61 Å². The molecule has 0 aliphatic carbocycles. The van der Waals surface area contributed by atoms with Gasteiger partial charge in [-0.1, -0.05) is 235 Å². The zero-order valence-corrected chi connectivity index (χ0v) is 38.1. The molecular weight excluding hydrogens is 699 g/mol. The Balaban J connectivity index is 3.61. The van der Waals surface area contributed by atoms with Gasteiger partial charge in [0, 0.05) is 6.42 Å². The van der Waals surface area contributed by atoms with E-state index in [0.29, 0.717) is 6.42 Å². The number of amides is 1. The van der Waals surface area contributed by atoms with Crippen molar-refractivity contribution in [3.05, 3.63) is 60.8 Å². The highest BCUT2D eigenvalue weighted by Crippen LogP contribution is 2.15. The second-order valence-electron chi connectivity index (χ2n) is 16.9. The molecule has 0 radical (unpaired) electrons. The Hall–Kier alpha value is -1.91. The van der Waals surface area contributed by atoms with E-state index in [1.54, 1.807) is 6.08 Å². The van der Waals surface area contributed by atoms with E-state index in [-0.39, 0.29) is 12.5 Å². The van der Waals surface area contributed by atoms with Gasteiger partial charge in [-0.2, -0.15) is 0 Å². The van der Waals surface area contributed by atoms with Crippen LogP contribution in [0.5, 0.6) is 0 Å². The van der Waals surface area contributed by atoms with Crippen LogP contribution in [0.2, 0.25) is 0 Å². The number of aliphatic hydroxyl groups excluding tert-OH is 2. The Labute approximate surface area is 356 Å². The molecule has 0 heterocycles. The number of carbonyl (C=O) groups excluding carboxylic acids is 1. The fraction of sp³-hybridized carbons (Fsp3) is 0.792. The Morgan fingerprint density at radius 2 is 0.737 bits per heavy atom. The number of unbranched alkanes of at least 4 members (excludes halogenated alkanes) is 30. The van der Waals surface area contributed by atoms with Gasteiger partial charge in [-0.3, -0.25) is 4.79 Å². The van der Waals surface area contributed by atoms with E-state index >= 15 is 0 Å². The predicted octanol–water partition coefficient (Wildman–Crippen LogP) is 16.1. The second-order valence-corrected chi connectivity index (χ2v) is 16.9. The second kappa shape index (κ2) is 48.5. The summed E-state index contributed by atoms with van der Waals surface area (Å²) in [6.45, 7) is 4.29. The third-order valence-corrected chi connectivity index (χ3v) is 11.2. The van der Waals surface area contributed by atoms with E-state index < -0.39 is 12.1 Å². The first-order valence-electron chi connectivity index (χ1n) is 25.0. The molecule has 0 aromatic carbocycles. The number of hydrogen-bond donors (Lipinski definition) is 3. The van der Waals surface area contributed by atoms with Crippen LogP contribution >= 0.6 is 0 Å². The van der Waals surface area contributed by atoms with Gasteiger partial charge in [0.1, 0.15) is 0 Å². The van der Waals surface area contributed by atoms with E-state index in [4.69, 9.17) is 0 Å². The van der Waals surface area contributed by atoms with Crippen molar-refractivity contribution in [2.24, 2.45) is 0 Å². The van der Waals surface area contributed by atoms with Crippen LogP contribution < -0.4 is 5.32 Å². The third-order valence-electron chi connectivity index (χ3n) is 11.2. The van der Waals surface area contributed by atoms with Gasteiger partial charge in [0.05, 0.1) is 18.8 Å². The number of nitrogens with one attached hydrogen (secondary N) is 1. The van der Waals surface area contributed by atoms with Crippen molar-refractivity contribution < 1.29 is 15.0 Å². The van der Waals surface area contributed by atoms with Crippen LogP contribution in [0.25, 0.3) is 0 Å². The quantitative estimate of drug-likeness (QED) is 0.0425. The Morgan fingerprint density at radius 1 is 0.421 bits per heavy atom. The van der Waals surface area contributed by atoms with Crippen LogP contribution in [0.4, 0.5) is 0 Å². The number of carbonyl (C=O) groups is 1. The standard InChI is InChI=1S/C53H97NO3/c1-3-5-7-9-11-13-15-17-19-21-23-25-27-29-31-33-35-37-39-41-43-45-47-49-53(57)54-51(50-55)52(56)48-46-44-42-40-38-36-34-32-30-28-26-24-22-20-18-16-14-12-10-8-6-4-2/h15,17,21,23,27,29,38,40,46,48,51-52,55-56H,3-14,16,18-20,22,24-26,28,30-37,39,41-45,47,49-50H2,1-2H3,(H,54,57)/b17-15-,23-21-,29-27-,40-38+,48-46+. The maximum absolute atomic E-state index is 12.4. The van der Waals surface area contributed by atoms with Crippen molar-refractivity contribution in [3.8, 4) is 0 Å². The van der Waals surface area contributed by atoms with Gasteiger partial charge in [-0.25, -0.2) is 0 Å². The molecule has 0 aromatic heterocycles. The monoisotopic (exact) mass is 796 g/mol. The van der Waals surface area contributed by atoms with Crippen molar-refractivity contribution in [1.29, 1.82) is 0 Å². The molecule has 4 heteroatoms. The lowest BCUT2D eigenvalue weighted by Crippen LogP contribution is -2.45. The zero-order chi connectivity index (χ0) is 41.4. The minimum Gasteiger partial charge on any atom is -0.394 e. The van der Waals surface area contributed by atoms with Gasteiger partial charge in [-0.15, -0.1) is 0 Å². The minimum absolute atomic E-state index is 0.0811.